The zero-order chi connectivity index (χ0) is 15.7. The molecule has 1 rings (SSSR count). The molecule has 1 N–H and O–H groups in total. The second-order valence-corrected chi connectivity index (χ2v) is 3.59. The number of hydrogen-bond donors (Lipinski definition) is 1. The summed E-state index contributed by atoms with van der Waals surface area (Å²) in [6, 6.07) is 0.388. The number of aromatic carboxylic acids is 1. The van der Waals surface area contributed by atoms with Crippen molar-refractivity contribution in [3.63, 3.8) is 0 Å². The van der Waals surface area contributed by atoms with Crippen molar-refractivity contribution in [3.8, 4) is 5.75 Å². The highest BCUT2D eigenvalue weighted by molar-refractivity contribution is 6.16. The highest BCUT2D eigenvalue weighted by Crippen LogP contribution is 2.37. The van der Waals surface area contributed by atoms with Crippen LogP contribution in [0.4, 0.5) is 26.3 Å². The molecule has 0 aliphatic carbocycles. The average molecular weight is 324 g/mol. The SMILES string of the molecule is O=C(O)c1c(OC(F)(F)F)cc(CCl)nc1C(F)(F)F. The fourth-order valence-corrected chi connectivity index (χ4v) is 1.39. The normalized spacial score (nSPS) is 12.3. The number of carboxylic acid groups (broad SMARTS) is 1. The third kappa shape index (κ3) is 3.89. The molecule has 20 heavy (non-hydrogen) atoms. The van der Waals surface area contributed by atoms with Crippen molar-refractivity contribution < 1.29 is 41.0 Å². The smallest absolute Gasteiger partial charge is 0.477 e. The van der Waals surface area contributed by atoms with Gasteiger partial charge in [0, 0.05) is 6.07 Å². The molecule has 112 valence electrons. The molecule has 0 saturated heterocycles. The van der Waals surface area contributed by atoms with Gasteiger partial charge in [-0.3, -0.25) is 0 Å². The zero-order valence-electron chi connectivity index (χ0n) is 9.14. The lowest BCUT2D eigenvalue weighted by Gasteiger charge is -2.16. The van der Waals surface area contributed by atoms with E-state index in [0.29, 0.717) is 6.07 Å². The van der Waals surface area contributed by atoms with Crippen LogP contribution in [0.5, 0.6) is 5.75 Å². The van der Waals surface area contributed by atoms with Gasteiger partial charge in [0.25, 0.3) is 0 Å². The fourth-order valence-electron chi connectivity index (χ4n) is 1.26. The number of halogens is 7. The number of nitrogens with zero attached hydrogens (tertiary/aromatic N) is 1. The molecule has 4 nitrogen and oxygen atoms in total. The summed E-state index contributed by atoms with van der Waals surface area (Å²) in [4.78, 5) is 13.6. The first kappa shape index (κ1) is 16.3. The lowest BCUT2D eigenvalue weighted by atomic mass is 10.1. The molecule has 0 bridgehead atoms. The van der Waals surface area contributed by atoms with Crippen LogP contribution < -0.4 is 4.74 Å². The average Bonchev–Trinajstić information content (AvgIpc) is 2.23. The second-order valence-electron chi connectivity index (χ2n) is 3.32. The number of carbonyl (C=O) groups is 1. The third-order valence-electron chi connectivity index (χ3n) is 1.88. The lowest BCUT2D eigenvalue weighted by molar-refractivity contribution is -0.275. The Bertz CT molecular complexity index is 528. The molecule has 0 aromatic carbocycles. The molecule has 1 aromatic heterocycles. The van der Waals surface area contributed by atoms with Crippen LogP contribution in [0.25, 0.3) is 0 Å². The van der Waals surface area contributed by atoms with E-state index in [9.17, 15) is 31.1 Å². The summed E-state index contributed by atoms with van der Waals surface area (Å²) in [7, 11) is 0. The van der Waals surface area contributed by atoms with Gasteiger partial charge in [-0.2, -0.15) is 13.2 Å². The number of ether oxygens (including phenoxy) is 1. The molecule has 0 spiro atoms. The van der Waals surface area contributed by atoms with E-state index in [1.807, 2.05) is 0 Å². The highest BCUT2D eigenvalue weighted by Gasteiger charge is 2.42. The number of alkyl halides is 7. The summed E-state index contributed by atoms with van der Waals surface area (Å²) in [5.41, 5.74) is -4.35. The van der Waals surface area contributed by atoms with Crippen LogP contribution in [0, 0.1) is 0 Å². The first-order valence-corrected chi connectivity index (χ1v) is 5.15. The van der Waals surface area contributed by atoms with Crippen LogP contribution in [-0.2, 0) is 12.1 Å². The molecular formula is C9H4ClF6NO3. The Morgan fingerprint density at radius 3 is 2.20 bits per heavy atom. The first-order chi connectivity index (χ1) is 8.95. The van der Waals surface area contributed by atoms with Crippen LogP contribution >= 0.6 is 11.6 Å². The first-order valence-electron chi connectivity index (χ1n) is 4.62. The molecule has 0 aliphatic heterocycles. The van der Waals surface area contributed by atoms with Crippen molar-refractivity contribution >= 4 is 17.6 Å². The number of pyridine rings is 1. The molecule has 0 unspecified atom stereocenters. The van der Waals surface area contributed by atoms with Crippen molar-refractivity contribution in [1.29, 1.82) is 0 Å². The Morgan fingerprint density at radius 1 is 1.30 bits per heavy atom. The minimum absolute atomic E-state index is 0.388. The van der Waals surface area contributed by atoms with Crippen LogP contribution in [0.15, 0.2) is 6.07 Å². The zero-order valence-corrected chi connectivity index (χ0v) is 9.90. The van der Waals surface area contributed by atoms with Crippen molar-refractivity contribution in [3.05, 3.63) is 23.0 Å². The molecule has 0 radical (unpaired) electrons. The van der Waals surface area contributed by atoms with Gasteiger partial charge in [0.05, 0.1) is 11.6 Å². The molecule has 0 amide bonds. The molecule has 0 aliphatic rings. The number of rotatable bonds is 3. The Morgan fingerprint density at radius 2 is 1.85 bits per heavy atom. The highest BCUT2D eigenvalue weighted by atomic mass is 35.5. The Kier molecular flexibility index (Phi) is 4.37. The number of carboxylic acids is 1. The van der Waals surface area contributed by atoms with Crippen LogP contribution in [0.2, 0.25) is 0 Å². The van der Waals surface area contributed by atoms with Gasteiger partial charge in [-0.1, -0.05) is 0 Å². The Hall–Kier alpha value is -1.71. The predicted octanol–water partition coefficient (Wildman–Crippen LogP) is 3.44. The minimum atomic E-state index is -5.36. The van der Waals surface area contributed by atoms with Crippen molar-refractivity contribution in [2.24, 2.45) is 0 Å². The fraction of sp³-hybridized carbons (Fsp3) is 0.333. The molecular weight excluding hydrogens is 320 g/mol. The van der Waals surface area contributed by atoms with Crippen LogP contribution in [-0.4, -0.2) is 22.4 Å². The topological polar surface area (TPSA) is 59.4 Å². The monoisotopic (exact) mass is 323 g/mol. The van der Waals surface area contributed by atoms with Crippen molar-refractivity contribution in [1.82, 2.24) is 4.98 Å². The summed E-state index contributed by atoms with van der Waals surface area (Å²) in [6.07, 6.45) is -10.6. The maximum absolute atomic E-state index is 12.6. The van der Waals surface area contributed by atoms with Gasteiger partial charge in [0.15, 0.2) is 5.69 Å². The van der Waals surface area contributed by atoms with Crippen LogP contribution in [0.3, 0.4) is 0 Å². The van der Waals surface area contributed by atoms with E-state index in [0.717, 1.165) is 0 Å². The van der Waals surface area contributed by atoms with E-state index in [-0.39, 0.29) is 0 Å². The van der Waals surface area contributed by atoms with Gasteiger partial charge in [0.1, 0.15) is 11.3 Å². The molecule has 0 fully saturated rings. The Labute approximate surface area is 111 Å². The molecule has 1 aromatic rings. The summed E-state index contributed by atoms with van der Waals surface area (Å²) in [6.45, 7) is 0. The van der Waals surface area contributed by atoms with E-state index in [4.69, 9.17) is 16.7 Å². The summed E-state index contributed by atoms with van der Waals surface area (Å²) >= 11 is 5.21. The maximum atomic E-state index is 12.6. The van der Waals surface area contributed by atoms with E-state index < -0.39 is 47.1 Å². The summed E-state index contributed by atoms with van der Waals surface area (Å²) < 4.78 is 77.5. The van der Waals surface area contributed by atoms with Gasteiger partial charge in [0.2, 0.25) is 0 Å². The lowest BCUT2D eigenvalue weighted by Crippen LogP contribution is -2.23. The van der Waals surface area contributed by atoms with E-state index in [2.05, 4.69) is 9.72 Å². The van der Waals surface area contributed by atoms with E-state index >= 15 is 0 Å². The minimum Gasteiger partial charge on any atom is -0.477 e. The molecule has 0 atom stereocenters. The summed E-state index contributed by atoms with van der Waals surface area (Å²) in [5, 5.41) is 8.65. The molecule has 0 saturated carbocycles. The number of aromatic nitrogens is 1. The molecule has 11 heteroatoms. The second kappa shape index (κ2) is 5.35. The van der Waals surface area contributed by atoms with Crippen LogP contribution in [0.1, 0.15) is 21.7 Å². The van der Waals surface area contributed by atoms with Crippen molar-refractivity contribution in [2.45, 2.75) is 18.4 Å². The van der Waals surface area contributed by atoms with Gasteiger partial charge < -0.3 is 9.84 Å². The number of hydrogen-bond acceptors (Lipinski definition) is 3. The van der Waals surface area contributed by atoms with Gasteiger partial charge in [-0.15, -0.1) is 24.8 Å². The van der Waals surface area contributed by atoms with Gasteiger partial charge in [-0.05, 0) is 0 Å². The largest absolute Gasteiger partial charge is 0.573 e. The van der Waals surface area contributed by atoms with Gasteiger partial charge in [-0.25, -0.2) is 9.78 Å². The molecule has 1 heterocycles. The quantitative estimate of drug-likeness (QED) is 0.684. The van der Waals surface area contributed by atoms with Crippen molar-refractivity contribution in [2.75, 3.05) is 0 Å². The third-order valence-corrected chi connectivity index (χ3v) is 2.16. The van der Waals surface area contributed by atoms with E-state index in [1.165, 1.54) is 0 Å². The Balaban J connectivity index is 3.59. The maximum Gasteiger partial charge on any atom is 0.573 e. The standard InChI is InChI=1S/C9H4ClF6NO3/c10-2-3-1-4(20-9(14,15)16)5(7(18)19)6(17-3)8(11,12)13/h1H,2H2,(H,18,19). The summed E-state index contributed by atoms with van der Waals surface area (Å²) in [5.74, 6) is -4.44. The predicted molar refractivity (Wildman–Crippen MR) is 52.4 cm³/mol. The van der Waals surface area contributed by atoms with E-state index in [1.54, 1.807) is 0 Å². The van der Waals surface area contributed by atoms with Gasteiger partial charge >= 0.3 is 18.5 Å².